The molecule has 1 atom stereocenters. The second kappa shape index (κ2) is 2.55. The third-order valence-electron chi connectivity index (χ3n) is 2.23. The first-order valence-electron chi connectivity index (χ1n) is 4.12. The van der Waals surface area contributed by atoms with Gasteiger partial charge < -0.3 is 9.57 Å². The van der Waals surface area contributed by atoms with Crippen LogP contribution in [0.2, 0.25) is 0 Å². The highest BCUT2D eigenvalue weighted by Crippen LogP contribution is 2.34. The van der Waals surface area contributed by atoms with Crippen LogP contribution >= 0.6 is 0 Å². The Morgan fingerprint density at radius 2 is 2.50 bits per heavy atom. The monoisotopic (exact) mass is 169 g/mol. The van der Waals surface area contributed by atoms with E-state index in [0.717, 1.165) is 12.8 Å². The van der Waals surface area contributed by atoms with Gasteiger partial charge in [0.05, 0.1) is 13.0 Å². The third kappa shape index (κ3) is 1.12. The Balaban J connectivity index is 2.06. The standard InChI is InChI=1S/C8H11NO3/c1-6(10)7-5-8(12-9-7)3-2-4-11-8/h2-5H2,1H3. The lowest BCUT2D eigenvalue weighted by Gasteiger charge is -2.18. The molecular formula is C8H11NO3. The van der Waals surface area contributed by atoms with Crippen LogP contribution in [0.1, 0.15) is 26.2 Å². The Labute approximate surface area is 70.5 Å². The van der Waals surface area contributed by atoms with Crippen molar-refractivity contribution in [1.29, 1.82) is 0 Å². The van der Waals surface area contributed by atoms with Gasteiger partial charge in [0.1, 0.15) is 5.71 Å². The third-order valence-corrected chi connectivity index (χ3v) is 2.23. The molecule has 0 aliphatic carbocycles. The highest BCUT2D eigenvalue weighted by atomic mass is 16.8. The summed E-state index contributed by atoms with van der Waals surface area (Å²) in [6.45, 7) is 2.21. The zero-order chi connectivity index (χ0) is 8.60. The Morgan fingerprint density at radius 3 is 3.00 bits per heavy atom. The number of carbonyl (C=O) groups excluding carboxylic acids is 1. The predicted octanol–water partition coefficient (Wildman–Crippen LogP) is 0.858. The van der Waals surface area contributed by atoms with Crippen LogP contribution in [-0.2, 0) is 14.4 Å². The molecule has 12 heavy (non-hydrogen) atoms. The highest BCUT2D eigenvalue weighted by molar-refractivity contribution is 6.39. The maximum Gasteiger partial charge on any atom is 0.242 e. The molecule has 0 saturated carbocycles. The fourth-order valence-corrected chi connectivity index (χ4v) is 1.53. The molecule has 4 nitrogen and oxygen atoms in total. The Morgan fingerprint density at radius 1 is 1.67 bits per heavy atom. The van der Waals surface area contributed by atoms with Gasteiger partial charge in [-0.25, -0.2) is 0 Å². The molecule has 1 spiro atoms. The summed E-state index contributed by atoms with van der Waals surface area (Å²) in [5.41, 5.74) is 0.497. The van der Waals surface area contributed by atoms with Gasteiger partial charge >= 0.3 is 0 Å². The first-order valence-corrected chi connectivity index (χ1v) is 4.12. The molecule has 1 saturated heterocycles. The molecule has 1 fully saturated rings. The molecule has 4 heteroatoms. The topological polar surface area (TPSA) is 47.9 Å². The number of ether oxygens (including phenoxy) is 1. The van der Waals surface area contributed by atoms with Crippen molar-refractivity contribution in [2.24, 2.45) is 5.16 Å². The van der Waals surface area contributed by atoms with Crippen LogP contribution in [0.3, 0.4) is 0 Å². The minimum atomic E-state index is -0.582. The van der Waals surface area contributed by atoms with Crippen molar-refractivity contribution in [3.63, 3.8) is 0 Å². The average molecular weight is 169 g/mol. The van der Waals surface area contributed by atoms with Crippen molar-refractivity contribution in [2.75, 3.05) is 6.61 Å². The lowest BCUT2D eigenvalue weighted by molar-refractivity contribution is -0.192. The van der Waals surface area contributed by atoms with Crippen LogP contribution in [0.4, 0.5) is 0 Å². The van der Waals surface area contributed by atoms with Crippen LogP contribution in [0.25, 0.3) is 0 Å². The largest absolute Gasteiger partial charge is 0.359 e. The summed E-state index contributed by atoms with van der Waals surface area (Å²) in [6, 6.07) is 0. The zero-order valence-electron chi connectivity index (χ0n) is 7.00. The summed E-state index contributed by atoms with van der Waals surface area (Å²) in [4.78, 5) is 16.0. The number of carbonyl (C=O) groups is 1. The van der Waals surface area contributed by atoms with E-state index in [1.54, 1.807) is 0 Å². The van der Waals surface area contributed by atoms with Crippen LogP contribution in [0.5, 0.6) is 0 Å². The zero-order valence-corrected chi connectivity index (χ0v) is 7.00. The SMILES string of the molecule is CC(=O)C1=NOC2(CCCO2)C1. The fourth-order valence-electron chi connectivity index (χ4n) is 1.53. The van der Waals surface area contributed by atoms with E-state index in [0.29, 0.717) is 18.7 Å². The van der Waals surface area contributed by atoms with Gasteiger partial charge in [-0.3, -0.25) is 4.79 Å². The summed E-state index contributed by atoms with van der Waals surface area (Å²) in [5, 5.41) is 3.71. The van der Waals surface area contributed by atoms with Gasteiger partial charge in [-0.1, -0.05) is 5.16 Å². The molecule has 0 aromatic rings. The number of nitrogens with zero attached hydrogens (tertiary/aromatic N) is 1. The predicted molar refractivity (Wildman–Crippen MR) is 41.7 cm³/mol. The van der Waals surface area contributed by atoms with E-state index >= 15 is 0 Å². The fraction of sp³-hybridized carbons (Fsp3) is 0.750. The summed E-state index contributed by atoms with van der Waals surface area (Å²) in [7, 11) is 0. The molecule has 0 bridgehead atoms. The molecule has 2 aliphatic heterocycles. The highest BCUT2D eigenvalue weighted by Gasteiger charge is 2.44. The number of oxime groups is 1. The van der Waals surface area contributed by atoms with E-state index in [9.17, 15) is 4.79 Å². The van der Waals surface area contributed by atoms with Crippen molar-refractivity contribution in [1.82, 2.24) is 0 Å². The van der Waals surface area contributed by atoms with E-state index in [4.69, 9.17) is 9.57 Å². The molecule has 2 aliphatic rings. The Bertz CT molecular complexity index is 241. The average Bonchev–Trinajstić information content (AvgIpc) is 2.62. The minimum Gasteiger partial charge on any atom is -0.359 e. The smallest absolute Gasteiger partial charge is 0.242 e. The number of Topliss-reactive ketones (excluding diaryl/α,β-unsaturated/α-hetero) is 1. The summed E-state index contributed by atoms with van der Waals surface area (Å²) >= 11 is 0. The Kier molecular flexibility index (Phi) is 1.65. The summed E-state index contributed by atoms with van der Waals surface area (Å²) < 4.78 is 5.39. The number of rotatable bonds is 1. The lowest BCUT2D eigenvalue weighted by atomic mass is 10.1. The summed E-state index contributed by atoms with van der Waals surface area (Å²) in [5.74, 6) is -0.608. The number of hydrogen-bond donors (Lipinski definition) is 0. The quantitative estimate of drug-likeness (QED) is 0.584. The van der Waals surface area contributed by atoms with E-state index in [-0.39, 0.29) is 5.78 Å². The molecule has 1 unspecified atom stereocenters. The molecule has 0 radical (unpaired) electrons. The van der Waals surface area contributed by atoms with Gasteiger partial charge in [0.25, 0.3) is 0 Å². The number of hydrogen-bond acceptors (Lipinski definition) is 4. The van der Waals surface area contributed by atoms with Gasteiger partial charge in [-0.05, 0) is 6.42 Å². The first-order chi connectivity index (χ1) is 5.72. The van der Waals surface area contributed by atoms with E-state index in [2.05, 4.69) is 5.16 Å². The second-order valence-electron chi connectivity index (χ2n) is 3.22. The molecular weight excluding hydrogens is 158 g/mol. The molecule has 2 heterocycles. The van der Waals surface area contributed by atoms with Gasteiger partial charge in [-0.15, -0.1) is 0 Å². The van der Waals surface area contributed by atoms with E-state index < -0.39 is 5.79 Å². The van der Waals surface area contributed by atoms with E-state index in [1.165, 1.54) is 6.92 Å². The van der Waals surface area contributed by atoms with Crippen molar-refractivity contribution in [3.05, 3.63) is 0 Å². The normalized spacial score (nSPS) is 33.6. The molecule has 0 amide bonds. The maximum absolute atomic E-state index is 10.9. The number of ketones is 1. The molecule has 0 aromatic heterocycles. The van der Waals surface area contributed by atoms with Crippen LogP contribution < -0.4 is 0 Å². The Hall–Kier alpha value is -0.900. The van der Waals surface area contributed by atoms with Gasteiger partial charge in [0.2, 0.25) is 5.79 Å². The van der Waals surface area contributed by atoms with Gasteiger partial charge in [0, 0.05) is 13.3 Å². The molecule has 2 rings (SSSR count). The summed E-state index contributed by atoms with van der Waals surface area (Å²) in [6.07, 6.45) is 2.34. The van der Waals surface area contributed by atoms with Crippen molar-refractivity contribution < 1.29 is 14.4 Å². The molecule has 66 valence electrons. The van der Waals surface area contributed by atoms with Crippen molar-refractivity contribution in [3.8, 4) is 0 Å². The molecule has 0 aromatic carbocycles. The maximum atomic E-state index is 10.9. The second-order valence-corrected chi connectivity index (χ2v) is 3.22. The first kappa shape index (κ1) is 7.73. The van der Waals surface area contributed by atoms with Crippen LogP contribution in [0.15, 0.2) is 5.16 Å². The van der Waals surface area contributed by atoms with Crippen molar-refractivity contribution >= 4 is 11.5 Å². The van der Waals surface area contributed by atoms with Crippen LogP contribution in [0, 0.1) is 0 Å². The minimum absolute atomic E-state index is 0.0256. The van der Waals surface area contributed by atoms with Crippen LogP contribution in [-0.4, -0.2) is 23.9 Å². The van der Waals surface area contributed by atoms with Crippen molar-refractivity contribution in [2.45, 2.75) is 32.0 Å². The van der Waals surface area contributed by atoms with Gasteiger partial charge in [0.15, 0.2) is 5.78 Å². The lowest BCUT2D eigenvalue weighted by Crippen LogP contribution is -2.28. The molecule has 0 N–H and O–H groups in total. The van der Waals surface area contributed by atoms with E-state index in [1.807, 2.05) is 0 Å². The van der Waals surface area contributed by atoms with Gasteiger partial charge in [-0.2, -0.15) is 0 Å².